The number of nitrogens with one attached hydrogen (secondary N) is 1. The zero-order valence-corrected chi connectivity index (χ0v) is 13.8. The molecular weight excluding hydrogens is 322 g/mol. The number of carbonyl (C=O) groups is 1. The highest BCUT2D eigenvalue weighted by Crippen LogP contribution is 2.15. The smallest absolute Gasteiger partial charge is 0.406 e. The van der Waals surface area contributed by atoms with Gasteiger partial charge in [-0.3, -0.25) is 10.3 Å². The normalized spacial score (nSPS) is 15.7. The maximum atomic E-state index is 12.0. The highest BCUT2D eigenvalue weighted by molar-refractivity contribution is 5.69. The number of benzene rings is 1. The number of rotatable bonds is 5. The van der Waals surface area contributed by atoms with E-state index in [9.17, 15) is 4.79 Å². The molecule has 1 saturated heterocycles. The summed E-state index contributed by atoms with van der Waals surface area (Å²) in [5, 5.41) is 10.7. The Morgan fingerprint density at radius 2 is 1.80 bits per heavy atom. The quantitative estimate of drug-likeness (QED) is 0.828. The van der Waals surface area contributed by atoms with E-state index in [0.29, 0.717) is 25.5 Å². The minimum Gasteiger partial charge on any atom is -0.406 e. The van der Waals surface area contributed by atoms with Crippen LogP contribution in [0.1, 0.15) is 0 Å². The van der Waals surface area contributed by atoms with Crippen molar-refractivity contribution in [3.8, 4) is 17.1 Å². The minimum atomic E-state index is -0.563. The van der Waals surface area contributed by atoms with Crippen molar-refractivity contribution in [1.29, 1.82) is 0 Å². The molecule has 0 saturated carbocycles. The summed E-state index contributed by atoms with van der Waals surface area (Å²) in [6, 6.07) is 9.58. The number of aliphatic hydroxyl groups excluding tert-OH is 1. The predicted octanol–water partition coefficient (Wildman–Crippen LogP) is 0.757. The van der Waals surface area contributed by atoms with E-state index in [-0.39, 0.29) is 12.4 Å². The van der Waals surface area contributed by atoms with E-state index < -0.39 is 6.09 Å². The maximum Gasteiger partial charge on any atom is 0.427 e. The van der Waals surface area contributed by atoms with Crippen molar-refractivity contribution in [2.45, 2.75) is 0 Å². The summed E-state index contributed by atoms with van der Waals surface area (Å²) in [4.78, 5) is 22.5. The number of ether oxygens (including phenoxy) is 1. The Kier molecular flexibility index (Phi) is 5.89. The SMILES string of the molecule is O=C(NN1CCN(CCO)CC1)Oc1cnc(-c2ccccc2)nc1. The summed E-state index contributed by atoms with van der Waals surface area (Å²) in [7, 11) is 0. The van der Waals surface area contributed by atoms with Crippen molar-refractivity contribution < 1.29 is 14.6 Å². The van der Waals surface area contributed by atoms with Crippen LogP contribution in [0.15, 0.2) is 42.7 Å². The summed E-state index contributed by atoms with van der Waals surface area (Å²) in [5.41, 5.74) is 3.61. The maximum absolute atomic E-state index is 12.0. The van der Waals surface area contributed by atoms with Gasteiger partial charge in [0.15, 0.2) is 11.6 Å². The molecule has 2 N–H and O–H groups in total. The van der Waals surface area contributed by atoms with Crippen LogP contribution in [0, 0.1) is 0 Å². The van der Waals surface area contributed by atoms with Crippen LogP contribution in [-0.2, 0) is 0 Å². The largest absolute Gasteiger partial charge is 0.427 e. The molecule has 1 aliphatic rings. The number of aliphatic hydroxyl groups is 1. The lowest BCUT2D eigenvalue weighted by Crippen LogP contribution is -2.54. The summed E-state index contributed by atoms with van der Waals surface area (Å²) in [6.07, 6.45) is 2.40. The van der Waals surface area contributed by atoms with Crippen molar-refractivity contribution in [2.75, 3.05) is 39.3 Å². The summed E-state index contributed by atoms with van der Waals surface area (Å²) in [6.45, 7) is 3.74. The average molecular weight is 343 g/mol. The Bertz CT molecular complexity index is 672. The molecule has 0 aliphatic carbocycles. The molecule has 3 rings (SSSR count). The molecule has 0 atom stereocenters. The number of β-amino-alcohol motifs (C(OH)–C–C–N with tert-alkyl or cyclic N) is 1. The molecular formula is C17H21N5O3. The predicted molar refractivity (Wildman–Crippen MR) is 91.7 cm³/mol. The Balaban J connectivity index is 1.48. The standard InChI is InChI=1S/C17H21N5O3/c23-11-10-21-6-8-22(9-7-21)20-17(24)25-15-12-18-16(19-13-15)14-4-2-1-3-5-14/h1-5,12-13,23H,6-11H2,(H,20,24). The van der Waals surface area contributed by atoms with E-state index in [0.717, 1.165) is 18.7 Å². The number of hydrazine groups is 1. The van der Waals surface area contributed by atoms with E-state index in [1.54, 1.807) is 5.01 Å². The monoisotopic (exact) mass is 343 g/mol. The number of hydrogen-bond donors (Lipinski definition) is 2. The lowest BCUT2D eigenvalue weighted by atomic mass is 10.2. The summed E-state index contributed by atoms with van der Waals surface area (Å²) in [5.74, 6) is 0.865. The lowest BCUT2D eigenvalue weighted by Gasteiger charge is -2.33. The number of amides is 1. The van der Waals surface area contributed by atoms with Crippen molar-refractivity contribution in [1.82, 2.24) is 25.3 Å². The second kappa shape index (κ2) is 8.52. The molecule has 1 aliphatic heterocycles. The fraction of sp³-hybridized carbons (Fsp3) is 0.353. The Morgan fingerprint density at radius 1 is 1.12 bits per heavy atom. The third-order valence-corrected chi connectivity index (χ3v) is 3.91. The van der Waals surface area contributed by atoms with Crippen molar-refractivity contribution in [2.24, 2.45) is 0 Å². The molecule has 0 unspecified atom stereocenters. The van der Waals surface area contributed by atoms with Crippen LogP contribution in [0.3, 0.4) is 0 Å². The topological polar surface area (TPSA) is 90.8 Å². The minimum absolute atomic E-state index is 0.147. The zero-order valence-electron chi connectivity index (χ0n) is 13.8. The second-order valence-corrected chi connectivity index (χ2v) is 5.66. The number of piperazine rings is 1. The van der Waals surface area contributed by atoms with Crippen LogP contribution in [0.2, 0.25) is 0 Å². The Hall–Kier alpha value is -2.55. The molecule has 0 bridgehead atoms. The summed E-state index contributed by atoms with van der Waals surface area (Å²) < 4.78 is 5.21. The fourth-order valence-corrected chi connectivity index (χ4v) is 2.59. The lowest BCUT2D eigenvalue weighted by molar-refractivity contribution is 0.0766. The van der Waals surface area contributed by atoms with Gasteiger partial charge in [-0.25, -0.2) is 19.8 Å². The van der Waals surface area contributed by atoms with Crippen LogP contribution in [0.5, 0.6) is 5.75 Å². The highest BCUT2D eigenvalue weighted by Gasteiger charge is 2.18. The third-order valence-electron chi connectivity index (χ3n) is 3.91. The van der Waals surface area contributed by atoms with Crippen LogP contribution < -0.4 is 10.2 Å². The Labute approximate surface area is 146 Å². The van der Waals surface area contributed by atoms with Gasteiger partial charge in [0.1, 0.15) is 0 Å². The van der Waals surface area contributed by atoms with Gasteiger partial charge >= 0.3 is 6.09 Å². The van der Waals surface area contributed by atoms with E-state index in [1.807, 2.05) is 30.3 Å². The first kappa shape index (κ1) is 17.3. The molecule has 2 heterocycles. The van der Waals surface area contributed by atoms with Gasteiger partial charge in [-0.15, -0.1) is 0 Å². The first-order chi connectivity index (χ1) is 12.2. The average Bonchev–Trinajstić information content (AvgIpc) is 2.65. The molecule has 25 heavy (non-hydrogen) atoms. The van der Waals surface area contributed by atoms with E-state index in [4.69, 9.17) is 9.84 Å². The molecule has 8 nitrogen and oxygen atoms in total. The van der Waals surface area contributed by atoms with Crippen LogP contribution >= 0.6 is 0 Å². The van der Waals surface area contributed by atoms with Gasteiger partial charge < -0.3 is 9.84 Å². The molecule has 0 spiro atoms. The second-order valence-electron chi connectivity index (χ2n) is 5.66. The van der Waals surface area contributed by atoms with Crippen LogP contribution in [-0.4, -0.2) is 70.4 Å². The Morgan fingerprint density at radius 3 is 2.44 bits per heavy atom. The molecule has 132 valence electrons. The van der Waals surface area contributed by atoms with Crippen molar-refractivity contribution >= 4 is 6.09 Å². The van der Waals surface area contributed by atoms with Gasteiger partial charge in [-0.1, -0.05) is 30.3 Å². The van der Waals surface area contributed by atoms with Gasteiger partial charge in [0, 0.05) is 38.3 Å². The van der Waals surface area contributed by atoms with E-state index in [2.05, 4.69) is 20.3 Å². The van der Waals surface area contributed by atoms with Gasteiger partial charge in [0.2, 0.25) is 0 Å². The van der Waals surface area contributed by atoms with Crippen molar-refractivity contribution in [3.05, 3.63) is 42.7 Å². The molecule has 8 heteroatoms. The number of carbonyl (C=O) groups excluding carboxylic acids is 1. The highest BCUT2D eigenvalue weighted by atomic mass is 16.6. The zero-order chi connectivity index (χ0) is 17.5. The number of aromatic nitrogens is 2. The molecule has 1 aromatic carbocycles. The summed E-state index contributed by atoms with van der Waals surface area (Å²) >= 11 is 0. The van der Waals surface area contributed by atoms with E-state index in [1.165, 1.54) is 12.4 Å². The number of nitrogens with zero attached hydrogens (tertiary/aromatic N) is 4. The van der Waals surface area contributed by atoms with Gasteiger partial charge in [-0.2, -0.15) is 0 Å². The van der Waals surface area contributed by atoms with Gasteiger partial charge in [-0.05, 0) is 0 Å². The third kappa shape index (κ3) is 4.96. The van der Waals surface area contributed by atoms with E-state index >= 15 is 0 Å². The first-order valence-corrected chi connectivity index (χ1v) is 8.18. The molecule has 0 radical (unpaired) electrons. The van der Waals surface area contributed by atoms with Crippen LogP contribution in [0.25, 0.3) is 11.4 Å². The molecule has 1 aromatic heterocycles. The molecule has 2 aromatic rings. The number of hydrogen-bond acceptors (Lipinski definition) is 7. The molecule has 1 fully saturated rings. The fourth-order valence-electron chi connectivity index (χ4n) is 2.59. The van der Waals surface area contributed by atoms with Crippen LogP contribution in [0.4, 0.5) is 4.79 Å². The molecule has 1 amide bonds. The van der Waals surface area contributed by atoms with Gasteiger partial charge in [0.25, 0.3) is 0 Å². The first-order valence-electron chi connectivity index (χ1n) is 8.18. The van der Waals surface area contributed by atoms with Crippen molar-refractivity contribution in [3.63, 3.8) is 0 Å². The van der Waals surface area contributed by atoms with Gasteiger partial charge in [0.05, 0.1) is 19.0 Å².